The fourth-order valence-corrected chi connectivity index (χ4v) is 1.80. The lowest BCUT2D eigenvalue weighted by atomic mass is 10.3. The molecule has 0 bridgehead atoms. The maximum absolute atomic E-state index is 12.1. The van der Waals surface area contributed by atoms with Crippen molar-refractivity contribution in [3.8, 4) is 5.75 Å². The Morgan fingerprint density at radius 2 is 2.00 bits per heavy atom. The van der Waals surface area contributed by atoms with Crippen LogP contribution in [0.4, 0.5) is 18.9 Å². The molecule has 0 amide bonds. The number of aromatic nitrogens is 2. The van der Waals surface area contributed by atoms with Crippen LogP contribution in [0.5, 0.6) is 5.75 Å². The van der Waals surface area contributed by atoms with Crippen molar-refractivity contribution in [1.82, 2.24) is 9.78 Å². The number of guanidine groups is 1. The molecule has 9 heteroatoms. The molecule has 0 atom stereocenters. The first kappa shape index (κ1) is 16.7. The first-order valence-corrected chi connectivity index (χ1v) is 6.65. The van der Waals surface area contributed by atoms with Crippen LogP contribution in [-0.4, -0.2) is 22.1 Å². The van der Waals surface area contributed by atoms with Crippen molar-refractivity contribution >= 4 is 11.6 Å². The number of hydrogen-bond donors (Lipinski definition) is 2. The zero-order chi connectivity index (χ0) is 17.0. The smallest absolute Gasteiger partial charge is 0.406 e. The Balaban J connectivity index is 1.95. The molecule has 0 radical (unpaired) electrons. The molecule has 3 N–H and O–H groups in total. The van der Waals surface area contributed by atoms with Crippen LogP contribution in [0.3, 0.4) is 0 Å². The monoisotopic (exact) mass is 327 g/mol. The van der Waals surface area contributed by atoms with E-state index >= 15 is 0 Å². The molecule has 2 rings (SSSR count). The molecule has 6 nitrogen and oxygen atoms in total. The summed E-state index contributed by atoms with van der Waals surface area (Å²) in [5.74, 6) is -0.151. The molecule has 0 aliphatic carbocycles. The largest absolute Gasteiger partial charge is 0.573 e. The third kappa shape index (κ3) is 4.90. The van der Waals surface area contributed by atoms with E-state index in [1.165, 1.54) is 24.3 Å². The fourth-order valence-electron chi connectivity index (χ4n) is 1.80. The highest BCUT2D eigenvalue weighted by molar-refractivity contribution is 5.92. The minimum Gasteiger partial charge on any atom is -0.406 e. The molecular formula is C14H16F3N5O. The van der Waals surface area contributed by atoms with Gasteiger partial charge in [0, 0.05) is 24.0 Å². The van der Waals surface area contributed by atoms with Crippen LogP contribution in [0, 0.1) is 6.92 Å². The number of hydrogen-bond acceptors (Lipinski definition) is 3. The predicted octanol–water partition coefficient (Wildman–Crippen LogP) is 2.55. The van der Waals surface area contributed by atoms with Crippen molar-refractivity contribution in [2.24, 2.45) is 17.8 Å². The first-order chi connectivity index (χ1) is 10.7. The molecule has 0 unspecified atom stereocenters. The second kappa shape index (κ2) is 6.59. The molecule has 1 heterocycles. The van der Waals surface area contributed by atoms with Gasteiger partial charge in [0.25, 0.3) is 0 Å². The highest BCUT2D eigenvalue weighted by Crippen LogP contribution is 2.23. The third-order valence-electron chi connectivity index (χ3n) is 3.12. The Labute approximate surface area is 130 Å². The number of nitrogens with one attached hydrogen (secondary N) is 1. The molecule has 0 saturated carbocycles. The van der Waals surface area contributed by atoms with Crippen molar-refractivity contribution in [3.63, 3.8) is 0 Å². The number of aryl methyl sites for hydroxylation is 1. The minimum atomic E-state index is -4.71. The quantitative estimate of drug-likeness (QED) is 0.668. The Morgan fingerprint density at radius 1 is 1.35 bits per heavy atom. The van der Waals surface area contributed by atoms with Gasteiger partial charge >= 0.3 is 6.36 Å². The van der Waals surface area contributed by atoms with E-state index < -0.39 is 6.36 Å². The van der Waals surface area contributed by atoms with Gasteiger partial charge in [-0.15, -0.1) is 13.2 Å². The normalized spacial score (nSPS) is 12.3. The summed E-state index contributed by atoms with van der Waals surface area (Å²) in [4.78, 5) is 4.16. The lowest BCUT2D eigenvalue weighted by Gasteiger charge is -2.10. The number of rotatable bonds is 4. The summed E-state index contributed by atoms with van der Waals surface area (Å²) in [5.41, 5.74) is 8.17. The van der Waals surface area contributed by atoms with Crippen molar-refractivity contribution in [3.05, 3.63) is 41.7 Å². The number of halogens is 3. The van der Waals surface area contributed by atoms with E-state index in [1.807, 2.05) is 14.0 Å². The zero-order valence-electron chi connectivity index (χ0n) is 12.6. The molecule has 2 aromatic rings. The van der Waals surface area contributed by atoms with Crippen LogP contribution in [-0.2, 0) is 13.6 Å². The van der Waals surface area contributed by atoms with Crippen LogP contribution >= 0.6 is 0 Å². The summed E-state index contributed by atoms with van der Waals surface area (Å²) in [5, 5.41) is 6.89. The highest BCUT2D eigenvalue weighted by atomic mass is 19.4. The van der Waals surface area contributed by atoms with Crippen LogP contribution in [0.25, 0.3) is 0 Å². The molecule has 0 aliphatic heterocycles. The maximum atomic E-state index is 12.1. The molecule has 1 aromatic heterocycles. The van der Waals surface area contributed by atoms with Gasteiger partial charge < -0.3 is 15.8 Å². The Kier molecular flexibility index (Phi) is 4.77. The van der Waals surface area contributed by atoms with E-state index in [9.17, 15) is 13.2 Å². The average molecular weight is 327 g/mol. The average Bonchev–Trinajstić information content (AvgIpc) is 2.77. The minimum absolute atomic E-state index is 0.151. The van der Waals surface area contributed by atoms with E-state index in [-0.39, 0.29) is 11.7 Å². The molecule has 23 heavy (non-hydrogen) atoms. The maximum Gasteiger partial charge on any atom is 0.573 e. The molecular weight excluding hydrogens is 311 g/mol. The summed E-state index contributed by atoms with van der Waals surface area (Å²) in [6.45, 7) is 2.27. The summed E-state index contributed by atoms with van der Waals surface area (Å²) in [6, 6.07) is 5.21. The number of anilines is 1. The van der Waals surface area contributed by atoms with E-state index in [4.69, 9.17) is 5.73 Å². The van der Waals surface area contributed by atoms with E-state index in [0.717, 1.165) is 11.3 Å². The van der Waals surface area contributed by atoms with Crippen LogP contribution in [0.2, 0.25) is 0 Å². The second-order valence-electron chi connectivity index (χ2n) is 4.78. The molecule has 1 aromatic carbocycles. The molecule has 124 valence electrons. The number of benzene rings is 1. The SMILES string of the molecule is Cc1c(CN=C(N)Nc2ccc(OC(F)(F)F)cc2)cnn1C. The zero-order valence-corrected chi connectivity index (χ0v) is 12.6. The van der Waals surface area contributed by atoms with E-state index in [2.05, 4.69) is 20.1 Å². The van der Waals surface area contributed by atoms with Crippen LogP contribution in [0.1, 0.15) is 11.3 Å². The van der Waals surface area contributed by atoms with Crippen molar-refractivity contribution < 1.29 is 17.9 Å². The molecule has 0 fully saturated rings. The van der Waals surface area contributed by atoms with Crippen LogP contribution in [0.15, 0.2) is 35.5 Å². The topological polar surface area (TPSA) is 77.5 Å². The fraction of sp³-hybridized carbons (Fsp3) is 0.286. The number of aliphatic imine (C=N–C) groups is 1. The summed E-state index contributed by atoms with van der Waals surface area (Å²) < 4.78 is 41.7. The Morgan fingerprint density at radius 3 is 2.52 bits per heavy atom. The number of nitrogens with zero attached hydrogens (tertiary/aromatic N) is 3. The summed E-state index contributed by atoms with van der Waals surface area (Å²) >= 11 is 0. The van der Waals surface area contributed by atoms with Gasteiger partial charge in [0.15, 0.2) is 5.96 Å². The van der Waals surface area contributed by atoms with Gasteiger partial charge in [0.05, 0.1) is 12.7 Å². The molecule has 0 spiro atoms. The van der Waals surface area contributed by atoms with Crippen molar-refractivity contribution in [2.45, 2.75) is 19.8 Å². The van der Waals surface area contributed by atoms with Gasteiger partial charge in [-0.3, -0.25) is 4.68 Å². The Bertz CT molecular complexity index is 691. The standard InChI is InChI=1S/C14H16F3N5O/c1-9-10(8-20-22(9)2)7-19-13(18)21-11-3-5-12(6-4-11)23-14(15,16)17/h3-6,8H,7H2,1-2H3,(H3,18,19,21). The van der Waals surface area contributed by atoms with Gasteiger partial charge in [-0.05, 0) is 31.2 Å². The summed E-state index contributed by atoms with van der Waals surface area (Å²) in [7, 11) is 1.83. The van der Waals surface area contributed by atoms with Crippen LogP contribution < -0.4 is 15.8 Å². The van der Waals surface area contributed by atoms with Crippen molar-refractivity contribution in [1.29, 1.82) is 0 Å². The predicted molar refractivity (Wildman–Crippen MR) is 80.0 cm³/mol. The lowest BCUT2D eigenvalue weighted by molar-refractivity contribution is -0.274. The van der Waals surface area contributed by atoms with E-state index in [0.29, 0.717) is 12.2 Å². The second-order valence-corrected chi connectivity index (χ2v) is 4.78. The third-order valence-corrected chi connectivity index (χ3v) is 3.12. The lowest BCUT2D eigenvalue weighted by Crippen LogP contribution is -2.22. The first-order valence-electron chi connectivity index (χ1n) is 6.65. The van der Waals surface area contributed by atoms with Gasteiger partial charge in [0.1, 0.15) is 5.75 Å². The highest BCUT2D eigenvalue weighted by Gasteiger charge is 2.30. The van der Waals surface area contributed by atoms with Crippen molar-refractivity contribution in [2.75, 3.05) is 5.32 Å². The van der Waals surface area contributed by atoms with Gasteiger partial charge in [-0.25, -0.2) is 4.99 Å². The molecule has 0 aliphatic rings. The number of nitrogens with two attached hydrogens (primary N) is 1. The summed E-state index contributed by atoms with van der Waals surface area (Å²) in [6.07, 6.45) is -3.01. The molecule has 0 saturated heterocycles. The number of ether oxygens (including phenoxy) is 1. The van der Waals surface area contributed by atoms with Gasteiger partial charge in [-0.1, -0.05) is 0 Å². The Hall–Kier alpha value is -2.71. The number of alkyl halides is 3. The van der Waals surface area contributed by atoms with Gasteiger partial charge in [-0.2, -0.15) is 5.10 Å². The van der Waals surface area contributed by atoms with E-state index in [1.54, 1.807) is 10.9 Å². The van der Waals surface area contributed by atoms with Gasteiger partial charge in [0.2, 0.25) is 0 Å².